The number of rotatable bonds is 8. The Bertz CT molecular complexity index is 1790. The fourth-order valence-electron chi connectivity index (χ4n) is 8.37. The van der Waals surface area contributed by atoms with Crippen LogP contribution in [0.2, 0.25) is 0 Å². The maximum Gasteiger partial charge on any atom is 0.328 e. The smallest absolute Gasteiger partial charge is 0.328 e. The molecule has 14 heteroatoms. The average molecular weight is 771 g/mol. The van der Waals surface area contributed by atoms with Gasteiger partial charge in [0.2, 0.25) is 35.4 Å². The van der Waals surface area contributed by atoms with Crippen LogP contribution in [0, 0.1) is 5.92 Å². The number of carbonyl (C=O) groups excluding carboxylic acids is 7. The van der Waals surface area contributed by atoms with E-state index in [2.05, 4.69) is 16.0 Å². The molecule has 3 N–H and O–H groups in total. The minimum Gasteiger partial charge on any atom is -0.461 e. The lowest BCUT2D eigenvalue weighted by molar-refractivity contribution is -0.158. The number of fused-ring (bicyclic) bond motifs is 3. The molecule has 0 saturated carbocycles. The van der Waals surface area contributed by atoms with E-state index in [9.17, 15) is 33.6 Å². The molecule has 4 fully saturated rings. The normalized spacial score (nSPS) is 26.8. The second-order valence-corrected chi connectivity index (χ2v) is 15.7. The molecule has 4 aliphatic heterocycles. The maximum atomic E-state index is 14.5. The Kier molecular flexibility index (Phi) is 13.1. The lowest BCUT2D eigenvalue weighted by Gasteiger charge is -2.39. The van der Waals surface area contributed by atoms with E-state index in [1.807, 2.05) is 68.4 Å². The maximum absolute atomic E-state index is 14.5. The molecule has 0 unspecified atom stereocenters. The molecular formula is C42H54N6O8. The summed E-state index contributed by atoms with van der Waals surface area (Å²) >= 11 is 0. The van der Waals surface area contributed by atoms with E-state index >= 15 is 0 Å². The molecule has 56 heavy (non-hydrogen) atoms. The summed E-state index contributed by atoms with van der Waals surface area (Å²) in [6.07, 6.45) is 4.01. The van der Waals surface area contributed by atoms with Crippen LogP contribution in [0.25, 0.3) is 0 Å². The van der Waals surface area contributed by atoms with Crippen LogP contribution in [0.1, 0.15) is 76.0 Å². The van der Waals surface area contributed by atoms with E-state index in [0.29, 0.717) is 38.6 Å². The van der Waals surface area contributed by atoms with Gasteiger partial charge >= 0.3 is 5.97 Å². The predicted octanol–water partition coefficient (Wildman–Crippen LogP) is 1.67. The van der Waals surface area contributed by atoms with Crippen molar-refractivity contribution in [2.45, 2.75) is 115 Å². The first-order valence-corrected chi connectivity index (χ1v) is 20.0. The number of ether oxygens (including phenoxy) is 1. The number of nitrogens with zero attached hydrogens (tertiary/aromatic N) is 3. The molecule has 4 aliphatic rings. The first-order chi connectivity index (χ1) is 26.9. The van der Waals surface area contributed by atoms with Crippen LogP contribution in [-0.2, 0) is 57.6 Å². The summed E-state index contributed by atoms with van der Waals surface area (Å²) in [7, 11) is 0. The standard InChI is InChI=1S/C42H54N6O8/c1-4-28-15-17-30(18-16-28)23-36(49)44-31(22-29-11-6-5-7-12-29)37(50)45-32-25-56-42(55)35-21-26(2)24-48(35)39(52)27(3)43-38(51)33-13-8-9-19-46(33)41(54)34-14-10-20-47(34)40(32)53/h5-7,11-12,15-18,26-27,31-35H,4,8-10,13-14,19-25H2,1-3H3,(H,43,51)(H,44,49)(H,45,50)/t26-,27-,31-,32-,33-,34-,35-/m0/s1. The zero-order valence-electron chi connectivity index (χ0n) is 32.5. The molecule has 7 atom stereocenters. The number of piperidine rings is 1. The van der Waals surface area contributed by atoms with E-state index < -0.39 is 72.5 Å². The molecule has 0 aromatic heterocycles. The SMILES string of the molecule is CCc1ccc(CC(=O)N[C@@H](Cc2ccccc2)C(=O)N[C@H]2COC(=O)[C@@H]3C[C@H](C)CN3C(=O)[C@H](C)NC(=O)[C@@H]3CCCCN3C(=O)[C@@H]3CCCN3C2=O)cc1. The number of hydrogen-bond donors (Lipinski definition) is 3. The van der Waals surface area contributed by atoms with Gasteiger partial charge in [-0.3, -0.25) is 28.8 Å². The molecular weight excluding hydrogens is 716 g/mol. The Morgan fingerprint density at radius 3 is 2.20 bits per heavy atom. The van der Waals surface area contributed by atoms with Crippen molar-refractivity contribution in [1.82, 2.24) is 30.7 Å². The van der Waals surface area contributed by atoms with Gasteiger partial charge in [-0.05, 0) is 74.5 Å². The Morgan fingerprint density at radius 2 is 1.46 bits per heavy atom. The van der Waals surface area contributed by atoms with Crippen molar-refractivity contribution < 1.29 is 38.3 Å². The Hall–Kier alpha value is -5.27. The number of carbonyl (C=O) groups is 7. The van der Waals surface area contributed by atoms with Gasteiger partial charge in [0.25, 0.3) is 0 Å². The van der Waals surface area contributed by atoms with E-state index in [-0.39, 0.29) is 43.7 Å². The third-order valence-electron chi connectivity index (χ3n) is 11.4. The molecule has 6 amide bonds. The zero-order chi connectivity index (χ0) is 39.9. The first kappa shape index (κ1) is 40.4. The minimum absolute atomic E-state index is 0.0310. The summed E-state index contributed by atoms with van der Waals surface area (Å²) in [6, 6.07) is 10.7. The van der Waals surface area contributed by atoms with Crippen molar-refractivity contribution in [1.29, 1.82) is 0 Å². The van der Waals surface area contributed by atoms with Crippen LogP contribution in [0.3, 0.4) is 0 Å². The third-order valence-corrected chi connectivity index (χ3v) is 11.4. The molecule has 0 aliphatic carbocycles. The van der Waals surface area contributed by atoms with E-state index in [0.717, 1.165) is 29.5 Å². The second kappa shape index (κ2) is 18.1. The largest absolute Gasteiger partial charge is 0.461 e. The van der Waals surface area contributed by atoms with Gasteiger partial charge in [0.1, 0.15) is 42.9 Å². The van der Waals surface area contributed by atoms with Crippen LogP contribution in [0.4, 0.5) is 0 Å². The van der Waals surface area contributed by atoms with Crippen molar-refractivity contribution in [2.24, 2.45) is 5.92 Å². The predicted molar refractivity (Wildman–Crippen MR) is 205 cm³/mol. The Morgan fingerprint density at radius 1 is 0.786 bits per heavy atom. The number of benzene rings is 2. The third kappa shape index (κ3) is 9.39. The van der Waals surface area contributed by atoms with Gasteiger partial charge in [-0.2, -0.15) is 0 Å². The number of nitrogens with one attached hydrogen (secondary N) is 3. The average Bonchev–Trinajstić information content (AvgIpc) is 3.86. The summed E-state index contributed by atoms with van der Waals surface area (Å²) in [5, 5.41) is 8.43. The molecule has 14 nitrogen and oxygen atoms in total. The summed E-state index contributed by atoms with van der Waals surface area (Å²) in [4.78, 5) is 102. The van der Waals surface area contributed by atoms with Crippen LogP contribution >= 0.6 is 0 Å². The van der Waals surface area contributed by atoms with Crippen molar-refractivity contribution in [2.75, 3.05) is 26.2 Å². The summed E-state index contributed by atoms with van der Waals surface area (Å²) in [5.41, 5.74) is 2.68. The number of esters is 1. The monoisotopic (exact) mass is 770 g/mol. The van der Waals surface area contributed by atoms with Gasteiger partial charge in [-0.15, -0.1) is 0 Å². The van der Waals surface area contributed by atoms with Gasteiger partial charge in [0, 0.05) is 26.1 Å². The molecule has 0 spiro atoms. The van der Waals surface area contributed by atoms with E-state index in [1.54, 1.807) is 6.92 Å². The highest BCUT2D eigenvalue weighted by Crippen LogP contribution is 2.28. The fraction of sp³-hybridized carbons (Fsp3) is 0.548. The molecule has 300 valence electrons. The molecule has 0 radical (unpaired) electrons. The topological polar surface area (TPSA) is 175 Å². The van der Waals surface area contributed by atoms with Crippen molar-refractivity contribution in [3.8, 4) is 0 Å². The number of aryl methyl sites for hydroxylation is 1. The van der Waals surface area contributed by atoms with Gasteiger partial charge < -0.3 is 35.4 Å². The molecule has 4 heterocycles. The van der Waals surface area contributed by atoms with Gasteiger partial charge in [-0.25, -0.2) is 4.79 Å². The van der Waals surface area contributed by atoms with Crippen LogP contribution < -0.4 is 16.0 Å². The highest BCUT2D eigenvalue weighted by atomic mass is 16.5. The van der Waals surface area contributed by atoms with E-state index in [1.165, 1.54) is 14.7 Å². The Balaban J connectivity index is 1.29. The van der Waals surface area contributed by atoms with Crippen molar-refractivity contribution in [3.05, 3.63) is 71.3 Å². The molecule has 0 bridgehead atoms. The highest BCUT2D eigenvalue weighted by Gasteiger charge is 2.46. The lowest BCUT2D eigenvalue weighted by atomic mass is 9.99. The van der Waals surface area contributed by atoms with Crippen LogP contribution in [0.5, 0.6) is 0 Å². The number of cyclic esters (lactones) is 1. The quantitative estimate of drug-likeness (QED) is 0.340. The Labute approximate surface area is 328 Å². The number of hydrogen-bond acceptors (Lipinski definition) is 8. The lowest BCUT2D eigenvalue weighted by Crippen LogP contribution is -2.62. The molecule has 2 aromatic rings. The fourth-order valence-corrected chi connectivity index (χ4v) is 8.37. The number of amides is 6. The summed E-state index contributed by atoms with van der Waals surface area (Å²) in [5.74, 6) is -3.73. The van der Waals surface area contributed by atoms with Gasteiger partial charge in [0.15, 0.2) is 0 Å². The van der Waals surface area contributed by atoms with E-state index in [4.69, 9.17) is 4.74 Å². The van der Waals surface area contributed by atoms with Crippen LogP contribution in [0.15, 0.2) is 54.6 Å². The van der Waals surface area contributed by atoms with Crippen molar-refractivity contribution >= 4 is 41.4 Å². The molecule has 2 aromatic carbocycles. The molecule has 6 rings (SSSR count). The summed E-state index contributed by atoms with van der Waals surface area (Å²) in [6.45, 7) is 5.79. The van der Waals surface area contributed by atoms with Crippen LogP contribution in [-0.4, -0.2) is 119 Å². The summed E-state index contributed by atoms with van der Waals surface area (Å²) < 4.78 is 5.77. The minimum atomic E-state index is -1.41. The highest BCUT2D eigenvalue weighted by molar-refractivity contribution is 5.98. The van der Waals surface area contributed by atoms with Crippen molar-refractivity contribution in [3.63, 3.8) is 0 Å². The van der Waals surface area contributed by atoms with Gasteiger partial charge in [-0.1, -0.05) is 68.4 Å². The first-order valence-electron chi connectivity index (χ1n) is 20.0. The zero-order valence-corrected chi connectivity index (χ0v) is 32.5. The van der Waals surface area contributed by atoms with Gasteiger partial charge in [0.05, 0.1) is 6.42 Å². The second-order valence-electron chi connectivity index (χ2n) is 15.7. The molecule has 4 saturated heterocycles.